The van der Waals surface area contributed by atoms with Crippen molar-refractivity contribution in [2.75, 3.05) is 25.0 Å². The molecular weight excluding hydrogens is 306 g/mol. The summed E-state index contributed by atoms with van der Waals surface area (Å²) in [6.45, 7) is 3.62. The molecule has 7 nitrogen and oxygen atoms in total. The fourth-order valence-electron chi connectivity index (χ4n) is 2.61. The van der Waals surface area contributed by atoms with Crippen molar-refractivity contribution in [3.8, 4) is 0 Å². The van der Waals surface area contributed by atoms with Crippen LogP contribution < -0.4 is 16.0 Å². The average Bonchev–Trinajstić information content (AvgIpc) is 3.00. The van der Waals surface area contributed by atoms with E-state index in [1.165, 1.54) is 0 Å². The van der Waals surface area contributed by atoms with Crippen molar-refractivity contribution in [1.29, 1.82) is 0 Å². The molecule has 0 saturated carbocycles. The number of aryl methyl sites for hydroxylation is 1. The molecule has 1 fully saturated rings. The topological polar surface area (TPSA) is 99.2 Å². The third kappa shape index (κ3) is 4.06. The molecule has 2 heterocycles. The second-order valence-electron chi connectivity index (χ2n) is 5.96. The fourth-order valence-corrected chi connectivity index (χ4v) is 2.61. The summed E-state index contributed by atoms with van der Waals surface area (Å²) in [6, 6.07) is 10.9. The first-order chi connectivity index (χ1) is 11.6. The van der Waals surface area contributed by atoms with Crippen molar-refractivity contribution in [2.24, 2.45) is 5.92 Å². The van der Waals surface area contributed by atoms with E-state index in [-0.39, 0.29) is 11.8 Å². The molecule has 24 heavy (non-hydrogen) atoms. The first kappa shape index (κ1) is 16.4. The van der Waals surface area contributed by atoms with Gasteiger partial charge in [0.15, 0.2) is 5.82 Å². The Labute approximate surface area is 140 Å². The van der Waals surface area contributed by atoms with E-state index in [2.05, 4.69) is 26.1 Å². The summed E-state index contributed by atoms with van der Waals surface area (Å²) in [5.74, 6) is 0.518. The van der Waals surface area contributed by atoms with E-state index in [1.807, 2.05) is 31.2 Å². The van der Waals surface area contributed by atoms with Gasteiger partial charge in [0, 0.05) is 36.8 Å². The number of aliphatic hydroxyl groups is 1. The molecule has 2 aromatic rings. The second kappa shape index (κ2) is 7.37. The molecule has 7 heteroatoms. The van der Waals surface area contributed by atoms with E-state index < -0.39 is 6.10 Å². The maximum Gasteiger partial charge on any atom is 0.251 e. The van der Waals surface area contributed by atoms with Crippen LogP contribution in [0.4, 0.5) is 11.5 Å². The molecule has 0 spiro atoms. The number of nitrogens with one attached hydrogen (secondary N) is 3. The third-order valence-corrected chi connectivity index (χ3v) is 4.02. The lowest BCUT2D eigenvalue weighted by Crippen LogP contribution is -2.34. The molecule has 0 aliphatic carbocycles. The van der Waals surface area contributed by atoms with Crippen molar-refractivity contribution in [1.82, 2.24) is 20.8 Å². The van der Waals surface area contributed by atoms with Gasteiger partial charge in [0.2, 0.25) is 0 Å². The summed E-state index contributed by atoms with van der Waals surface area (Å²) in [5, 5.41) is 26.9. The van der Waals surface area contributed by atoms with E-state index in [0.29, 0.717) is 24.5 Å². The molecule has 1 saturated heterocycles. The minimum absolute atomic E-state index is 0.0538. The predicted octanol–water partition coefficient (Wildman–Crippen LogP) is 0.839. The molecule has 1 aliphatic rings. The molecule has 1 aromatic heterocycles. The van der Waals surface area contributed by atoms with Gasteiger partial charge in [-0.1, -0.05) is 6.07 Å². The van der Waals surface area contributed by atoms with E-state index in [1.54, 1.807) is 12.1 Å². The first-order valence-electron chi connectivity index (χ1n) is 7.96. The number of hydrogen-bond acceptors (Lipinski definition) is 6. The molecule has 0 radical (unpaired) electrons. The standard InChI is InChI=1S/C17H21N5O2/c1-11-5-6-16(22-21-11)20-14-4-2-3-12(7-14)17(24)19-9-13-8-18-10-15(13)23/h2-7,13,15,18,23H,8-10H2,1H3,(H,19,24)(H,20,22). The van der Waals surface area contributed by atoms with Crippen molar-refractivity contribution < 1.29 is 9.90 Å². The van der Waals surface area contributed by atoms with Crippen LogP contribution in [0.2, 0.25) is 0 Å². The summed E-state index contributed by atoms with van der Waals surface area (Å²) in [4.78, 5) is 12.3. The molecule has 1 aromatic carbocycles. The highest BCUT2D eigenvalue weighted by molar-refractivity contribution is 5.95. The smallest absolute Gasteiger partial charge is 0.251 e. The molecule has 126 valence electrons. The zero-order chi connectivity index (χ0) is 16.9. The lowest BCUT2D eigenvalue weighted by Gasteiger charge is -2.14. The average molecular weight is 327 g/mol. The molecule has 1 amide bonds. The Kier molecular flexibility index (Phi) is 5.02. The molecule has 0 bridgehead atoms. The Balaban J connectivity index is 1.61. The van der Waals surface area contributed by atoms with Gasteiger partial charge in [0.1, 0.15) is 0 Å². The maximum atomic E-state index is 12.3. The van der Waals surface area contributed by atoms with Gasteiger partial charge in [-0.05, 0) is 37.3 Å². The predicted molar refractivity (Wildman–Crippen MR) is 91.2 cm³/mol. The van der Waals surface area contributed by atoms with Crippen LogP contribution in [-0.2, 0) is 0 Å². The number of carbonyl (C=O) groups excluding carboxylic acids is 1. The van der Waals surface area contributed by atoms with E-state index in [0.717, 1.165) is 17.9 Å². The van der Waals surface area contributed by atoms with E-state index in [4.69, 9.17) is 0 Å². The minimum Gasteiger partial charge on any atom is -0.391 e. The van der Waals surface area contributed by atoms with Crippen molar-refractivity contribution in [3.63, 3.8) is 0 Å². The molecular formula is C17H21N5O2. The summed E-state index contributed by atoms with van der Waals surface area (Å²) in [5.41, 5.74) is 2.17. The fraction of sp³-hybridized carbons (Fsp3) is 0.353. The van der Waals surface area contributed by atoms with Crippen molar-refractivity contribution in [3.05, 3.63) is 47.7 Å². The lowest BCUT2D eigenvalue weighted by molar-refractivity contribution is 0.0927. The van der Waals surface area contributed by atoms with Crippen molar-refractivity contribution >= 4 is 17.4 Å². The zero-order valence-electron chi connectivity index (χ0n) is 13.5. The van der Waals surface area contributed by atoms with Crippen LogP contribution >= 0.6 is 0 Å². The van der Waals surface area contributed by atoms with Gasteiger partial charge in [-0.2, -0.15) is 5.10 Å². The van der Waals surface area contributed by atoms with Crippen LogP contribution in [0.3, 0.4) is 0 Å². The van der Waals surface area contributed by atoms with Gasteiger partial charge in [-0.15, -0.1) is 5.10 Å². The Morgan fingerprint density at radius 2 is 2.17 bits per heavy atom. The van der Waals surface area contributed by atoms with E-state index >= 15 is 0 Å². The number of benzene rings is 1. The number of carbonyl (C=O) groups is 1. The number of amides is 1. The number of aromatic nitrogens is 2. The summed E-state index contributed by atoms with van der Waals surface area (Å²) < 4.78 is 0. The molecule has 2 unspecified atom stereocenters. The van der Waals surface area contributed by atoms with Crippen LogP contribution in [0.25, 0.3) is 0 Å². The highest BCUT2D eigenvalue weighted by Gasteiger charge is 2.25. The Hall–Kier alpha value is -2.51. The number of β-amino-alcohol motifs (C(OH)–C–C–N with tert-alkyl or cyclic N) is 1. The van der Waals surface area contributed by atoms with Crippen LogP contribution in [0.5, 0.6) is 0 Å². The van der Waals surface area contributed by atoms with Gasteiger partial charge in [0.25, 0.3) is 5.91 Å². The Morgan fingerprint density at radius 1 is 1.29 bits per heavy atom. The SMILES string of the molecule is Cc1ccc(Nc2cccc(C(=O)NCC3CNCC3O)c2)nn1. The van der Waals surface area contributed by atoms with Gasteiger partial charge in [0.05, 0.1) is 11.8 Å². The van der Waals surface area contributed by atoms with Gasteiger partial charge >= 0.3 is 0 Å². The lowest BCUT2D eigenvalue weighted by atomic mass is 10.1. The highest BCUT2D eigenvalue weighted by atomic mass is 16.3. The number of aliphatic hydroxyl groups excluding tert-OH is 1. The number of anilines is 2. The molecule has 1 aliphatic heterocycles. The monoisotopic (exact) mass is 327 g/mol. The van der Waals surface area contributed by atoms with Crippen LogP contribution in [0, 0.1) is 12.8 Å². The highest BCUT2D eigenvalue weighted by Crippen LogP contribution is 2.16. The molecule has 4 N–H and O–H groups in total. The maximum absolute atomic E-state index is 12.3. The minimum atomic E-state index is -0.404. The summed E-state index contributed by atoms with van der Waals surface area (Å²) >= 11 is 0. The Bertz CT molecular complexity index is 704. The quantitative estimate of drug-likeness (QED) is 0.649. The summed E-state index contributed by atoms with van der Waals surface area (Å²) in [7, 11) is 0. The van der Waals surface area contributed by atoms with Gasteiger partial charge in [-0.3, -0.25) is 4.79 Å². The van der Waals surface area contributed by atoms with Crippen LogP contribution in [-0.4, -0.2) is 46.9 Å². The third-order valence-electron chi connectivity index (χ3n) is 4.02. The normalized spacial score (nSPS) is 19.9. The summed E-state index contributed by atoms with van der Waals surface area (Å²) in [6.07, 6.45) is -0.404. The number of hydrogen-bond donors (Lipinski definition) is 4. The number of rotatable bonds is 5. The molecule has 2 atom stereocenters. The van der Waals surface area contributed by atoms with Crippen molar-refractivity contribution in [2.45, 2.75) is 13.0 Å². The largest absolute Gasteiger partial charge is 0.391 e. The zero-order valence-corrected chi connectivity index (χ0v) is 13.5. The van der Waals surface area contributed by atoms with Crippen LogP contribution in [0.15, 0.2) is 36.4 Å². The van der Waals surface area contributed by atoms with E-state index in [9.17, 15) is 9.90 Å². The van der Waals surface area contributed by atoms with Gasteiger partial charge < -0.3 is 21.1 Å². The molecule has 3 rings (SSSR count). The van der Waals surface area contributed by atoms with Gasteiger partial charge in [-0.25, -0.2) is 0 Å². The Morgan fingerprint density at radius 3 is 2.88 bits per heavy atom. The first-order valence-corrected chi connectivity index (χ1v) is 7.96. The second-order valence-corrected chi connectivity index (χ2v) is 5.96. The van der Waals surface area contributed by atoms with Crippen LogP contribution in [0.1, 0.15) is 16.1 Å². The number of nitrogens with zero attached hydrogens (tertiary/aromatic N) is 2.